The number of nitrogens with zero attached hydrogens (tertiary/aromatic N) is 1. The number of esters is 1. The number of carbonyl (C=O) groups excluding carboxylic acids is 1. The minimum Gasteiger partial charge on any atom is -0.506 e. The lowest BCUT2D eigenvalue weighted by atomic mass is 10.0. The molecular weight excluding hydrogens is 529 g/mol. The molecule has 4 rings (SSSR count). The number of cyclic esters (lactones) is 1. The van der Waals surface area contributed by atoms with Gasteiger partial charge < -0.3 is 24.0 Å². The summed E-state index contributed by atoms with van der Waals surface area (Å²) in [4.78, 5) is 17.0. The van der Waals surface area contributed by atoms with Crippen LogP contribution in [0.5, 0.6) is 17.4 Å². The summed E-state index contributed by atoms with van der Waals surface area (Å²) in [5.74, 6) is -1.06. The Balaban J connectivity index is 1.88. The van der Waals surface area contributed by atoms with Crippen LogP contribution in [0, 0.1) is 0 Å². The van der Waals surface area contributed by atoms with E-state index in [2.05, 4.69) is 30.4 Å². The van der Waals surface area contributed by atoms with Crippen molar-refractivity contribution in [3.8, 4) is 28.5 Å². The van der Waals surface area contributed by atoms with Crippen molar-refractivity contribution in [2.75, 3.05) is 11.8 Å². The van der Waals surface area contributed by atoms with Crippen molar-refractivity contribution >= 4 is 39.5 Å². The molecule has 1 aliphatic heterocycles. The van der Waals surface area contributed by atoms with Crippen LogP contribution in [0.3, 0.4) is 0 Å². The number of phenolic OH excluding ortho intramolecular Hbond substituents is 1. The first-order chi connectivity index (χ1) is 15.6. The molecule has 33 heavy (non-hydrogen) atoms. The molecule has 2 heterocycles. The van der Waals surface area contributed by atoms with Gasteiger partial charge in [-0.15, -0.1) is 13.2 Å². The van der Waals surface area contributed by atoms with E-state index >= 15 is 0 Å². The van der Waals surface area contributed by atoms with Gasteiger partial charge in [-0.1, -0.05) is 6.07 Å². The molecule has 0 spiro atoms. The van der Waals surface area contributed by atoms with Crippen LogP contribution in [0.2, 0.25) is 0 Å². The van der Waals surface area contributed by atoms with Crippen molar-refractivity contribution in [1.29, 1.82) is 0 Å². The molecule has 1 aromatic heterocycles. The second kappa shape index (κ2) is 9.02. The lowest BCUT2D eigenvalue weighted by Gasteiger charge is -2.17. The molecule has 0 saturated carbocycles. The normalized spacial score (nSPS) is 13.4. The van der Waals surface area contributed by atoms with E-state index < -0.39 is 18.1 Å². The van der Waals surface area contributed by atoms with E-state index in [4.69, 9.17) is 9.47 Å². The molecule has 0 saturated heterocycles. The van der Waals surface area contributed by atoms with Gasteiger partial charge in [0.1, 0.15) is 12.4 Å². The molecule has 2 aromatic carbocycles. The van der Waals surface area contributed by atoms with Crippen molar-refractivity contribution in [3.63, 3.8) is 0 Å². The van der Waals surface area contributed by atoms with Crippen LogP contribution in [0.25, 0.3) is 11.1 Å². The standard InChI is InChI=1S/C21H14BrF3N2O5S/c1-30-18-7-12-9-31-20(29)11-4-14(22)19(28)17(6-11)33-27-15-5-10(13(12)8-26-18)2-3-16(15)32-21(23,24)25/h2-8,27-28H,9H2,1H3. The molecular formula is C21H14BrF3N2O5S. The molecule has 0 atom stereocenters. The Morgan fingerprint density at radius 1 is 1.21 bits per heavy atom. The number of halogens is 4. The summed E-state index contributed by atoms with van der Waals surface area (Å²) in [7, 11) is 1.43. The Morgan fingerprint density at radius 3 is 2.73 bits per heavy atom. The number of rotatable bonds is 2. The lowest BCUT2D eigenvalue weighted by molar-refractivity contribution is -0.274. The first kappa shape index (κ1) is 23.1. The third-order valence-electron chi connectivity index (χ3n) is 4.58. The number of phenols is 1. The topological polar surface area (TPSA) is 89.9 Å². The molecule has 0 aliphatic carbocycles. The first-order valence-corrected chi connectivity index (χ1v) is 10.8. The van der Waals surface area contributed by atoms with Crippen LogP contribution >= 0.6 is 27.9 Å². The van der Waals surface area contributed by atoms with Gasteiger partial charge in [0.25, 0.3) is 0 Å². The molecule has 3 aromatic rings. The number of pyridine rings is 1. The number of ether oxygens (including phenoxy) is 3. The molecule has 0 unspecified atom stereocenters. The third kappa shape index (κ3) is 5.11. The van der Waals surface area contributed by atoms with Gasteiger partial charge in [0.05, 0.1) is 27.7 Å². The predicted molar refractivity (Wildman–Crippen MR) is 117 cm³/mol. The summed E-state index contributed by atoms with van der Waals surface area (Å²) < 4.78 is 56.6. The number of hydrogen-bond donors (Lipinski definition) is 2. The molecule has 0 fully saturated rings. The Hall–Kier alpha value is -3.12. The number of methoxy groups -OCH3 is 1. The minimum absolute atomic E-state index is 0.0102. The van der Waals surface area contributed by atoms with Gasteiger partial charge in [-0.25, -0.2) is 9.78 Å². The van der Waals surface area contributed by atoms with Crippen LogP contribution in [0.4, 0.5) is 18.9 Å². The van der Waals surface area contributed by atoms with E-state index in [1.807, 2.05) is 0 Å². The Morgan fingerprint density at radius 2 is 2.00 bits per heavy atom. The Labute approximate surface area is 198 Å². The summed E-state index contributed by atoms with van der Waals surface area (Å²) >= 11 is 3.97. The average molecular weight is 543 g/mol. The summed E-state index contributed by atoms with van der Waals surface area (Å²) in [6.07, 6.45) is -3.44. The fraction of sp³-hybridized carbons (Fsp3) is 0.143. The summed E-state index contributed by atoms with van der Waals surface area (Å²) in [6, 6.07) is 8.35. The maximum Gasteiger partial charge on any atom is 0.573 e. The number of fused-ring (bicyclic) bond motifs is 6. The van der Waals surface area contributed by atoms with E-state index in [9.17, 15) is 23.1 Å². The smallest absolute Gasteiger partial charge is 0.506 e. The van der Waals surface area contributed by atoms with E-state index in [0.29, 0.717) is 16.7 Å². The van der Waals surface area contributed by atoms with Crippen LogP contribution < -0.4 is 14.2 Å². The first-order valence-electron chi connectivity index (χ1n) is 9.20. The minimum atomic E-state index is -4.91. The molecule has 172 valence electrons. The van der Waals surface area contributed by atoms with Crippen molar-refractivity contribution in [2.24, 2.45) is 0 Å². The Bertz CT molecular complexity index is 1240. The van der Waals surface area contributed by atoms with Gasteiger partial charge in [0.15, 0.2) is 5.75 Å². The number of benzene rings is 2. The number of aromatic hydroxyl groups is 1. The summed E-state index contributed by atoms with van der Waals surface area (Å²) in [5.41, 5.74) is 1.65. The molecule has 0 radical (unpaired) electrons. The molecule has 7 nitrogen and oxygen atoms in total. The number of nitrogens with one attached hydrogen (secondary N) is 1. The maximum absolute atomic E-state index is 13.0. The highest BCUT2D eigenvalue weighted by molar-refractivity contribution is 9.10. The van der Waals surface area contributed by atoms with E-state index in [0.717, 1.165) is 18.0 Å². The maximum atomic E-state index is 13.0. The number of carbonyl (C=O) groups is 1. The summed E-state index contributed by atoms with van der Waals surface area (Å²) in [5, 5.41) is 10.3. The fourth-order valence-electron chi connectivity index (χ4n) is 3.06. The number of aromatic nitrogens is 1. The van der Waals surface area contributed by atoms with E-state index in [-0.39, 0.29) is 38.9 Å². The van der Waals surface area contributed by atoms with E-state index in [1.54, 1.807) is 6.07 Å². The van der Waals surface area contributed by atoms with Gasteiger partial charge >= 0.3 is 12.3 Å². The second-order valence-corrected chi connectivity index (χ2v) is 8.43. The van der Waals surface area contributed by atoms with Gasteiger partial charge in [-0.3, -0.25) is 0 Å². The van der Waals surface area contributed by atoms with Gasteiger partial charge in [0.2, 0.25) is 5.88 Å². The van der Waals surface area contributed by atoms with Crippen molar-refractivity contribution < 1.29 is 37.3 Å². The zero-order valence-corrected chi connectivity index (χ0v) is 19.1. The van der Waals surface area contributed by atoms with Crippen LogP contribution in [-0.4, -0.2) is 29.5 Å². The van der Waals surface area contributed by atoms with Crippen molar-refractivity contribution in [3.05, 3.63) is 58.2 Å². The van der Waals surface area contributed by atoms with Gasteiger partial charge in [-0.05, 0) is 57.7 Å². The fourth-order valence-corrected chi connectivity index (χ4v) is 4.43. The lowest BCUT2D eigenvalue weighted by Crippen LogP contribution is -2.17. The zero-order valence-electron chi connectivity index (χ0n) is 16.7. The predicted octanol–water partition coefficient (Wildman–Crippen LogP) is 5.91. The number of hydrogen-bond acceptors (Lipinski definition) is 8. The van der Waals surface area contributed by atoms with Gasteiger partial charge in [0, 0.05) is 23.4 Å². The highest BCUT2D eigenvalue weighted by Crippen LogP contribution is 2.41. The SMILES string of the molecule is COc1cc2c(cn1)-c1ccc(OC(F)(F)F)c(c1)NSc1cc(cc(Br)c1O)C(=O)OC2. The largest absolute Gasteiger partial charge is 0.573 e. The van der Waals surface area contributed by atoms with Crippen LogP contribution in [0.1, 0.15) is 15.9 Å². The van der Waals surface area contributed by atoms with Crippen LogP contribution in [-0.2, 0) is 11.3 Å². The average Bonchev–Trinajstić information content (AvgIpc) is 2.78. The molecule has 1 aliphatic rings. The molecule has 4 bridgehead atoms. The number of alkyl halides is 3. The van der Waals surface area contributed by atoms with Crippen molar-refractivity contribution in [2.45, 2.75) is 17.9 Å². The highest BCUT2D eigenvalue weighted by atomic mass is 79.9. The zero-order chi connectivity index (χ0) is 23.8. The second-order valence-electron chi connectivity index (χ2n) is 6.73. The Kier molecular flexibility index (Phi) is 6.30. The third-order valence-corrected chi connectivity index (χ3v) is 6.04. The molecule has 2 N–H and O–H groups in total. The number of anilines is 1. The monoisotopic (exact) mass is 542 g/mol. The molecule has 0 amide bonds. The quantitative estimate of drug-likeness (QED) is 0.305. The van der Waals surface area contributed by atoms with E-state index in [1.165, 1.54) is 37.6 Å². The van der Waals surface area contributed by atoms with Crippen LogP contribution in [0.15, 0.2) is 52.0 Å². The van der Waals surface area contributed by atoms with Crippen molar-refractivity contribution in [1.82, 2.24) is 4.98 Å². The molecule has 12 heteroatoms. The highest BCUT2D eigenvalue weighted by Gasteiger charge is 2.32. The van der Waals surface area contributed by atoms with Gasteiger partial charge in [-0.2, -0.15) is 0 Å². The summed E-state index contributed by atoms with van der Waals surface area (Å²) in [6.45, 7) is -0.155.